The van der Waals surface area contributed by atoms with Crippen LogP contribution in [0, 0.1) is 5.92 Å². The first-order valence-corrected chi connectivity index (χ1v) is 5.07. The first kappa shape index (κ1) is 10.0. The molecule has 1 aliphatic rings. The van der Waals surface area contributed by atoms with E-state index in [9.17, 15) is 0 Å². The topological polar surface area (TPSA) is 38.0 Å². The Morgan fingerprint density at radius 2 is 1.92 bits per heavy atom. The molecule has 0 atom stereocenters. The molecule has 12 heavy (non-hydrogen) atoms. The zero-order valence-electron chi connectivity index (χ0n) is 8.40. The van der Waals surface area contributed by atoms with Crippen LogP contribution >= 0.6 is 0 Å². The maximum Gasteiger partial charge on any atom is 0.0223 e. The molecule has 2 nitrogen and oxygen atoms in total. The van der Waals surface area contributed by atoms with Crippen LogP contribution < -0.4 is 11.1 Å². The number of nitrogens with one attached hydrogen (secondary N) is 1. The van der Waals surface area contributed by atoms with Crippen molar-refractivity contribution in [3.63, 3.8) is 0 Å². The third-order valence-electron chi connectivity index (χ3n) is 2.49. The molecule has 2 heteroatoms. The van der Waals surface area contributed by atoms with Crippen LogP contribution in [0.1, 0.15) is 39.5 Å². The SMILES string of the molecule is CC(C)(N)CNCC1CCCC1. The Hall–Kier alpha value is -0.0800. The molecule has 1 aliphatic carbocycles. The van der Waals surface area contributed by atoms with E-state index >= 15 is 0 Å². The van der Waals surface area contributed by atoms with E-state index in [-0.39, 0.29) is 5.54 Å². The number of nitrogens with two attached hydrogens (primary N) is 1. The normalized spacial score (nSPS) is 20.2. The molecule has 0 bridgehead atoms. The zero-order valence-corrected chi connectivity index (χ0v) is 8.40. The summed E-state index contributed by atoms with van der Waals surface area (Å²) in [6.45, 7) is 6.23. The van der Waals surface area contributed by atoms with Gasteiger partial charge < -0.3 is 11.1 Å². The highest BCUT2D eigenvalue weighted by atomic mass is 14.9. The van der Waals surface area contributed by atoms with Gasteiger partial charge in [-0.3, -0.25) is 0 Å². The minimum Gasteiger partial charge on any atom is -0.324 e. The summed E-state index contributed by atoms with van der Waals surface area (Å²) >= 11 is 0. The largest absolute Gasteiger partial charge is 0.324 e. The van der Waals surface area contributed by atoms with Gasteiger partial charge in [-0.2, -0.15) is 0 Å². The summed E-state index contributed by atoms with van der Waals surface area (Å²) in [4.78, 5) is 0. The molecular weight excluding hydrogens is 148 g/mol. The van der Waals surface area contributed by atoms with Crippen molar-refractivity contribution in [2.24, 2.45) is 11.7 Å². The third-order valence-corrected chi connectivity index (χ3v) is 2.49. The van der Waals surface area contributed by atoms with Gasteiger partial charge >= 0.3 is 0 Å². The molecule has 0 aromatic carbocycles. The standard InChI is InChI=1S/C10H22N2/c1-10(2,11)8-12-7-9-5-3-4-6-9/h9,12H,3-8,11H2,1-2H3. The predicted molar refractivity (Wildman–Crippen MR) is 53.1 cm³/mol. The van der Waals surface area contributed by atoms with E-state index in [1.807, 2.05) is 0 Å². The Morgan fingerprint density at radius 1 is 1.33 bits per heavy atom. The molecule has 0 saturated heterocycles. The maximum atomic E-state index is 5.86. The van der Waals surface area contributed by atoms with Gasteiger partial charge in [-0.05, 0) is 39.2 Å². The fourth-order valence-electron chi connectivity index (χ4n) is 1.81. The molecule has 1 saturated carbocycles. The van der Waals surface area contributed by atoms with Crippen molar-refractivity contribution < 1.29 is 0 Å². The van der Waals surface area contributed by atoms with Crippen LogP contribution in [0.5, 0.6) is 0 Å². The Labute approximate surface area is 75.9 Å². The van der Waals surface area contributed by atoms with Crippen LogP contribution in [0.4, 0.5) is 0 Å². The summed E-state index contributed by atoms with van der Waals surface area (Å²) in [6.07, 6.45) is 5.69. The van der Waals surface area contributed by atoms with E-state index in [1.54, 1.807) is 0 Å². The Balaban J connectivity index is 2.02. The first-order chi connectivity index (χ1) is 5.58. The fraction of sp³-hybridized carbons (Fsp3) is 1.00. The number of hydrogen-bond donors (Lipinski definition) is 2. The zero-order chi connectivity index (χ0) is 9.03. The number of hydrogen-bond acceptors (Lipinski definition) is 2. The molecule has 72 valence electrons. The van der Waals surface area contributed by atoms with E-state index in [2.05, 4.69) is 19.2 Å². The molecule has 0 amide bonds. The molecule has 0 aromatic heterocycles. The van der Waals surface area contributed by atoms with Crippen molar-refractivity contribution in [2.75, 3.05) is 13.1 Å². The second kappa shape index (κ2) is 4.24. The van der Waals surface area contributed by atoms with Gasteiger partial charge in [0.1, 0.15) is 0 Å². The van der Waals surface area contributed by atoms with Gasteiger partial charge in [0, 0.05) is 12.1 Å². The Bertz CT molecular complexity index is 120. The summed E-state index contributed by atoms with van der Waals surface area (Å²) in [5.41, 5.74) is 5.80. The highest BCUT2D eigenvalue weighted by molar-refractivity contribution is 4.76. The van der Waals surface area contributed by atoms with Gasteiger partial charge in [-0.25, -0.2) is 0 Å². The molecule has 0 radical (unpaired) electrons. The monoisotopic (exact) mass is 170 g/mol. The third kappa shape index (κ3) is 4.07. The van der Waals surface area contributed by atoms with Crippen molar-refractivity contribution >= 4 is 0 Å². The van der Waals surface area contributed by atoms with Crippen molar-refractivity contribution in [3.8, 4) is 0 Å². The average Bonchev–Trinajstić information content (AvgIpc) is 2.36. The van der Waals surface area contributed by atoms with Gasteiger partial charge in [0.15, 0.2) is 0 Å². The summed E-state index contributed by atoms with van der Waals surface area (Å²) in [7, 11) is 0. The second-order valence-electron chi connectivity index (χ2n) is 4.77. The summed E-state index contributed by atoms with van der Waals surface area (Å²) in [5.74, 6) is 0.923. The highest BCUT2D eigenvalue weighted by Crippen LogP contribution is 2.23. The molecule has 1 fully saturated rings. The minimum absolute atomic E-state index is 0.0569. The molecule has 1 rings (SSSR count). The van der Waals surface area contributed by atoms with Crippen LogP contribution in [0.25, 0.3) is 0 Å². The molecular formula is C10H22N2. The lowest BCUT2D eigenvalue weighted by atomic mass is 10.1. The summed E-state index contributed by atoms with van der Waals surface area (Å²) in [5, 5.41) is 3.44. The number of rotatable bonds is 4. The van der Waals surface area contributed by atoms with Crippen molar-refractivity contribution in [1.29, 1.82) is 0 Å². The predicted octanol–water partition coefficient (Wildman–Crippen LogP) is 1.50. The molecule has 0 aromatic rings. The summed E-state index contributed by atoms with van der Waals surface area (Å²) in [6, 6.07) is 0. The molecule has 0 spiro atoms. The lowest BCUT2D eigenvalue weighted by Crippen LogP contribution is -2.44. The van der Waals surface area contributed by atoms with Gasteiger partial charge in [0.05, 0.1) is 0 Å². The van der Waals surface area contributed by atoms with E-state index in [0.717, 1.165) is 12.5 Å². The van der Waals surface area contributed by atoms with E-state index < -0.39 is 0 Å². The molecule has 3 N–H and O–H groups in total. The lowest BCUT2D eigenvalue weighted by Gasteiger charge is -2.20. The van der Waals surface area contributed by atoms with Crippen molar-refractivity contribution in [1.82, 2.24) is 5.32 Å². The first-order valence-electron chi connectivity index (χ1n) is 5.07. The smallest absolute Gasteiger partial charge is 0.0223 e. The van der Waals surface area contributed by atoms with Gasteiger partial charge in [0.2, 0.25) is 0 Å². The molecule has 0 unspecified atom stereocenters. The van der Waals surface area contributed by atoms with E-state index in [1.165, 1.54) is 32.2 Å². The Kier molecular flexibility index (Phi) is 3.53. The molecule has 0 heterocycles. The van der Waals surface area contributed by atoms with Gasteiger partial charge in [-0.1, -0.05) is 12.8 Å². The van der Waals surface area contributed by atoms with E-state index in [0.29, 0.717) is 0 Å². The highest BCUT2D eigenvalue weighted by Gasteiger charge is 2.16. The second-order valence-corrected chi connectivity index (χ2v) is 4.77. The van der Waals surface area contributed by atoms with Crippen LogP contribution in [0.3, 0.4) is 0 Å². The summed E-state index contributed by atoms with van der Waals surface area (Å²) < 4.78 is 0. The average molecular weight is 170 g/mol. The minimum atomic E-state index is -0.0569. The maximum absolute atomic E-state index is 5.86. The Morgan fingerprint density at radius 3 is 2.42 bits per heavy atom. The fourth-order valence-corrected chi connectivity index (χ4v) is 1.81. The van der Waals surface area contributed by atoms with Crippen molar-refractivity contribution in [2.45, 2.75) is 45.1 Å². The lowest BCUT2D eigenvalue weighted by molar-refractivity contribution is 0.421. The van der Waals surface area contributed by atoms with E-state index in [4.69, 9.17) is 5.73 Å². The quantitative estimate of drug-likeness (QED) is 0.671. The van der Waals surface area contributed by atoms with Crippen LogP contribution in [0.2, 0.25) is 0 Å². The van der Waals surface area contributed by atoms with Crippen LogP contribution in [-0.4, -0.2) is 18.6 Å². The molecule has 0 aliphatic heterocycles. The van der Waals surface area contributed by atoms with Crippen LogP contribution in [-0.2, 0) is 0 Å². The van der Waals surface area contributed by atoms with Crippen molar-refractivity contribution in [3.05, 3.63) is 0 Å². The van der Waals surface area contributed by atoms with Gasteiger partial charge in [-0.15, -0.1) is 0 Å². The van der Waals surface area contributed by atoms with Gasteiger partial charge in [0.25, 0.3) is 0 Å². The van der Waals surface area contributed by atoms with Crippen LogP contribution in [0.15, 0.2) is 0 Å².